The Morgan fingerprint density at radius 1 is 1.53 bits per heavy atom. The summed E-state index contributed by atoms with van der Waals surface area (Å²) in [7, 11) is 0. The molecule has 0 aromatic carbocycles. The second-order valence-electron chi connectivity index (χ2n) is 3.78. The molecule has 1 heterocycles. The number of aromatic amines is 1. The molecule has 0 spiro atoms. The van der Waals surface area contributed by atoms with Gasteiger partial charge in [-0.1, -0.05) is 12.8 Å². The van der Waals surface area contributed by atoms with Crippen molar-refractivity contribution in [3.63, 3.8) is 0 Å². The van der Waals surface area contributed by atoms with Gasteiger partial charge in [0.05, 0.1) is 12.0 Å². The van der Waals surface area contributed by atoms with Gasteiger partial charge in [0.15, 0.2) is 0 Å². The van der Waals surface area contributed by atoms with Gasteiger partial charge in [-0.2, -0.15) is 10.1 Å². The molecule has 15 heavy (non-hydrogen) atoms. The average molecular weight is 210 g/mol. The van der Waals surface area contributed by atoms with Crippen molar-refractivity contribution in [1.29, 1.82) is 0 Å². The van der Waals surface area contributed by atoms with Crippen LogP contribution in [0, 0.1) is 5.92 Å². The average Bonchev–Trinajstić information content (AvgIpc) is 2.71. The monoisotopic (exact) mass is 210 g/mol. The Hall–Kier alpha value is -1.43. The van der Waals surface area contributed by atoms with Crippen LogP contribution in [0.15, 0.2) is 6.33 Å². The smallest absolute Gasteiger partial charge is 0.232 e. The molecule has 0 aliphatic heterocycles. The standard InChI is InChI=1S/C9H14N4O2/c14-7-4-2-1-3-6(7)8(15)12-9-10-5-11-13-9/h5-7,14H,1-4H2,(H2,10,11,12,13,15). The number of H-pyrrole nitrogens is 1. The minimum absolute atomic E-state index is 0.182. The van der Waals surface area contributed by atoms with Gasteiger partial charge in [0, 0.05) is 0 Å². The first kappa shape index (κ1) is 10.1. The van der Waals surface area contributed by atoms with E-state index in [0.717, 1.165) is 19.3 Å². The Balaban J connectivity index is 1.95. The van der Waals surface area contributed by atoms with Crippen LogP contribution in [-0.2, 0) is 4.79 Å². The molecule has 1 amide bonds. The Morgan fingerprint density at radius 2 is 2.33 bits per heavy atom. The first-order chi connectivity index (χ1) is 7.27. The number of hydrogen-bond acceptors (Lipinski definition) is 4. The van der Waals surface area contributed by atoms with Gasteiger partial charge in [0.25, 0.3) is 0 Å². The minimum Gasteiger partial charge on any atom is -0.392 e. The van der Waals surface area contributed by atoms with E-state index in [1.54, 1.807) is 0 Å². The van der Waals surface area contributed by atoms with E-state index in [1.807, 2.05) is 0 Å². The second kappa shape index (κ2) is 4.39. The van der Waals surface area contributed by atoms with Gasteiger partial charge in [-0.25, -0.2) is 5.10 Å². The molecule has 3 N–H and O–H groups in total. The SMILES string of the molecule is O=C(Nc1ncn[nH]1)C1CCCCC1O. The van der Waals surface area contributed by atoms with Gasteiger partial charge in [-0.15, -0.1) is 0 Å². The summed E-state index contributed by atoms with van der Waals surface area (Å²) >= 11 is 0. The number of nitrogens with one attached hydrogen (secondary N) is 2. The number of carbonyl (C=O) groups excluding carboxylic acids is 1. The third kappa shape index (κ3) is 2.33. The summed E-state index contributed by atoms with van der Waals surface area (Å²) < 4.78 is 0. The lowest BCUT2D eigenvalue weighted by atomic mass is 9.86. The molecule has 1 aromatic rings. The Bertz CT molecular complexity index is 325. The number of amides is 1. The van der Waals surface area contributed by atoms with Crippen LogP contribution in [-0.4, -0.2) is 32.3 Å². The lowest BCUT2D eigenvalue weighted by Crippen LogP contribution is -2.35. The molecule has 1 aliphatic rings. The topological polar surface area (TPSA) is 90.9 Å². The van der Waals surface area contributed by atoms with Crippen LogP contribution >= 0.6 is 0 Å². The second-order valence-corrected chi connectivity index (χ2v) is 3.78. The highest BCUT2D eigenvalue weighted by atomic mass is 16.3. The van der Waals surface area contributed by atoms with Gasteiger partial charge in [0.1, 0.15) is 6.33 Å². The van der Waals surface area contributed by atoms with Gasteiger partial charge in [-0.05, 0) is 12.8 Å². The summed E-state index contributed by atoms with van der Waals surface area (Å²) in [5, 5.41) is 18.4. The van der Waals surface area contributed by atoms with Crippen molar-refractivity contribution in [3.05, 3.63) is 6.33 Å². The lowest BCUT2D eigenvalue weighted by Gasteiger charge is -2.25. The first-order valence-corrected chi connectivity index (χ1v) is 5.11. The highest BCUT2D eigenvalue weighted by Crippen LogP contribution is 2.25. The summed E-state index contributed by atoms with van der Waals surface area (Å²) in [4.78, 5) is 15.5. The predicted octanol–water partition coefficient (Wildman–Crippen LogP) is 0.294. The molecule has 0 radical (unpaired) electrons. The zero-order valence-electron chi connectivity index (χ0n) is 8.31. The van der Waals surface area contributed by atoms with Crippen LogP contribution in [0.4, 0.5) is 5.95 Å². The van der Waals surface area contributed by atoms with E-state index in [2.05, 4.69) is 20.5 Å². The third-order valence-electron chi connectivity index (χ3n) is 2.72. The minimum atomic E-state index is -0.526. The van der Waals surface area contributed by atoms with Crippen LogP contribution in [0.3, 0.4) is 0 Å². The van der Waals surface area contributed by atoms with Gasteiger partial charge >= 0.3 is 0 Å². The zero-order chi connectivity index (χ0) is 10.7. The number of carbonyl (C=O) groups is 1. The van der Waals surface area contributed by atoms with Gasteiger partial charge in [0.2, 0.25) is 11.9 Å². The number of rotatable bonds is 2. The van der Waals surface area contributed by atoms with Gasteiger partial charge in [-0.3, -0.25) is 10.1 Å². The molecule has 0 bridgehead atoms. The first-order valence-electron chi connectivity index (χ1n) is 5.11. The van der Waals surface area contributed by atoms with Crippen molar-refractivity contribution < 1.29 is 9.90 Å². The molecular formula is C9H14N4O2. The predicted molar refractivity (Wildman–Crippen MR) is 53.0 cm³/mol. The fourth-order valence-corrected chi connectivity index (χ4v) is 1.89. The number of aromatic nitrogens is 3. The van der Waals surface area contributed by atoms with E-state index in [-0.39, 0.29) is 11.8 Å². The summed E-state index contributed by atoms with van der Waals surface area (Å²) in [6.45, 7) is 0. The molecule has 82 valence electrons. The largest absolute Gasteiger partial charge is 0.392 e. The maximum atomic E-state index is 11.7. The highest BCUT2D eigenvalue weighted by Gasteiger charge is 2.29. The Morgan fingerprint density at radius 3 is 3.00 bits per heavy atom. The maximum Gasteiger partial charge on any atom is 0.232 e. The molecule has 0 saturated heterocycles. The molecule has 1 fully saturated rings. The number of aliphatic hydroxyl groups excluding tert-OH is 1. The Labute approximate surface area is 87.1 Å². The van der Waals surface area contributed by atoms with Crippen molar-refractivity contribution >= 4 is 11.9 Å². The van der Waals surface area contributed by atoms with Crippen LogP contribution in [0.5, 0.6) is 0 Å². The van der Waals surface area contributed by atoms with E-state index in [9.17, 15) is 9.90 Å². The molecular weight excluding hydrogens is 196 g/mol. The summed E-state index contributed by atoms with van der Waals surface area (Å²) in [6, 6.07) is 0. The summed E-state index contributed by atoms with van der Waals surface area (Å²) in [5.41, 5.74) is 0. The fraction of sp³-hybridized carbons (Fsp3) is 0.667. The van der Waals surface area contributed by atoms with E-state index < -0.39 is 6.10 Å². The molecule has 6 nitrogen and oxygen atoms in total. The normalized spacial score (nSPS) is 26.2. The van der Waals surface area contributed by atoms with Crippen molar-refractivity contribution in [2.75, 3.05) is 5.32 Å². The zero-order valence-corrected chi connectivity index (χ0v) is 8.31. The summed E-state index contributed by atoms with van der Waals surface area (Å²) in [6.07, 6.45) is 4.23. The van der Waals surface area contributed by atoms with Crippen LogP contribution < -0.4 is 5.32 Å². The fourth-order valence-electron chi connectivity index (χ4n) is 1.89. The molecule has 1 aromatic heterocycles. The van der Waals surface area contributed by atoms with E-state index in [1.165, 1.54) is 6.33 Å². The van der Waals surface area contributed by atoms with Gasteiger partial charge < -0.3 is 5.11 Å². The van der Waals surface area contributed by atoms with E-state index in [0.29, 0.717) is 12.4 Å². The van der Waals surface area contributed by atoms with E-state index in [4.69, 9.17) is 0 Å². The van der Waals surface area contributed by atoms with Crippen molar-refractivity contribution in [2.45, 2.75) is 31.8 Å². The lowest BCUT2D eigenvalue weighted by molar-refractivity contribution is -0.124. The van der Waals surface area contributed by atoms with Crippen molar-refractivity contribution in [1.82, 2.24) is 15.2 Å². The quantitative estimate of drug-likeness (QED) is 0.654. The number of aliphatic hydroxyl groups is 1. The molecule has 6 heteroatoms. The van der Waals surface area contributed by atoms with Crippen LogP contribution in [0.1, 0.15) is 25.7 Å². The molecule has 2 atom stereocenters. The van der Waals surface area contributed by atoms with E-state index >= 15 is 0 Å². The maximum absolute atomic E-state index is 11.7. The van der Waals surface area contributed by atoms with Crippen molar-refractivity contribution in [2.24, 2.45) is 5.92 Å². The van der Waals surface area contributed by atoms with Crippen LogP contribution in [0.25, 0.3) is 0 Å². The highest BCUT2D eigenvalue weighted by molar-refractivity contribution is 5.91. The third-order valence-corrected chi connectivity index (χ3v) is 2.72. The van der Waals surface area contributed by atoms with Crippen LogP contribution in [0.2, 0.25) is 0 Å². The number of anilines is 1. The number of nitrogens with zero attached hydrogens (tertiary/aromatic N) is 2. The molecule has 2 unspecified atom stereocenters. The molecule has 1 saturated carbocycles. The molecule has 1 aliphatic carbocycles. The number of hydrogen-bond donors (Lipinski definition) is 3. The molecule has 2 rings (SSSR count). The van der Waals surface area contributed by atoms with Crippen molar-refractivity contribution in [3.8, 4) is 0 Å². The summed E-state index contributed by atoms with van der Waals surface area (Å²) in [5.74, 6) is -0.166. The Kier molecular flexibility index (Phi) is 2.96.